The number of rotatable bonds is 5. The second-order valence-corrected chi connectivity index (χ2v) is 9.02. The molecule has 2 saturated heterocycles. The summed E-state index contributed by atoms with van der Waals surface area (Å²) in [5.74, 6) is 0.563. The van der Waals surface area contributed by atoms with Gasteiger partial charge in [0.15, 0.2) is 0 Å². The predicted molar refractivity (Wildman–Crippen MR) is 107 cm³/mol. The number of aromatic nitrogens is 1. The van der Waals surface area contributed by atoms with Crippen molar-refractivity contribution < 1.29 is 28.4 Å². The van der Waals surface area contributed by atoms with Crippen LogP contribution in [0.4, 0.5) is 4.39 Å². The number of carbonyl (C=O) groups is 1. The average molecular weight is 423 g/mol. The number of nitrogens with one attached hydrogen (secondary N) is 1. The summed E-state index contributed by atoms with van der Waals surface area (Å²) in [4.78, 5) is 18.2. The number of halogens is 1. The third-order valence-corrected chi connectivity index (χ3v) is 6.13. The van der Waals surface area contributed by atoms with Crippen LogP contribution in [0.2, 0.25) is 0 Å². The van der Waals surface area contributed by atoms with Crippen LogP contribution in [0, 0.1) is 6.92 Å². The number of alkyl halides is 1. The van der Waals surface area contributed by atoms with Gasteiger partial charge in [0.05, 0.1) is 11.9 Å². The number of nitrogens with zero attached hydrogens (tertiary/aromatic N) is 1. The maximum absolute atomic E-state index is 13.7. The Morgan fingerprint density at radius 2 is 2.34 bits per heavy atom. The Morgan fingerprint density at radius 1 is 1.52 bits per heavy atom. The van der Waals surface area contributed by atoms with Crippen molar-refractivity contribution in [3.8, 4) is 5.75 Å². The lowest BCUT2D eigenvalue weighted by Crippen LogP contribution is -2.55. The largest absolute Gasteiger partial charge is 0.490 e. The van der Waals surface area contributed by atoms with E-state index < -0.39 is 11.3 Å². The van der Waals surface area contributed by atoms with Crippen molar-refractivity contribution >= 4 is 17.2 Å². The third kappa shape index (κ3) is 4.01. The van der Waals surface area contributed by atoms with Crippen LogP contribution in [0.25, 0.3) is 0 Å². The van der Waals surface area contributed by atoms with E-state index in [1.54, 1.807) is 29.5 Å². The standard InChI is InChI=1S/C21H25FN2O4S/c1-14-8-15(4-5-16(14)26-11-20(2,3)22)19(25)24-7-6-21(17-10-29-12-23-17)18(9-24)27-13-28-21/h4-5,8,10,12,18H,6-7,9,11,13H2,1-3H3/p+2. The van der Waals surface area contributed by atoms with Gasteiger partial charge in [-0.2, -0.15) is 0 Å². The van der Waals surface area contributed by atoms with Crippen molar-refractivity contribution in [3.05, 3.63) is 45.9 Å². The van der Waals surface area contributed by atoms with Crippen LogP contribution < -0.4 is 9.72 Å². The number of likely N-dealkylation sites (tertiary alicyclic amines) is 1. The van der Waals surface area contributed by atoms with E-state index in [9.17, 15) is 9.18 Å². The van der Waals surface area contributed by atoms with Gasteiger partial charge in [0, 0.05) is 18.5 Å². The summed E-state index contributed by atoms with van der Waals surface area (Å²) in [6.07, 6.45) is 0.618. The minimum absolute atomic E-state index is 0.0296. The molecule has 6 nitrogen and oxygen atoms in total. The van der Waals surface area contributed by atoms with Crippen molar-refractivity contribution in [3.63, 3.8) is 0 Å². The Hall–Kier alpha value is -2.03. The fourth-order valence-electron chi connectivity index (χ4n) is 3.94. The number of ether oxygens (including phenoxy) is 3. The van der Waals surface area contributed by atoms with Crippen LogP contribution in [0.3, 0.4) is 0 Å². The Balaban J connectivity index is 1.46. The molecular formula is C21H27FN2O4S+2. The van der Waals surface area contributed by atoms with E-state index in [0.29, 0.717) is 37.6 Å². The summed E-state index contributed by atoms with van der Waals surface area (Å²) in [5.41, 5.74) is 2.51. The van der Waals surface area contributed by atoms with Gasteiger partial charge in [-0.25, -0.2) is 9.37 Å². The first-order valence-electron chi connectivity index (χ1n) is 9.75. The molecule has 0 spiro atoms. The number of fused-ring (bicyclic) bond motifs is 1. The van der Waals surface area contributed by atoms with Crippen LogP contribution in [0.5, 0.6) is 5.75 Å². The normalized spacial score (nSPS) is 24.4. The molecule has 0 bridgehead atoms. The highest BCUT2D eigenvalue weighted by molar-refractivity contribution is 7.07. The lowest BCUT2D eigenvalue weighted by molar-refractivity contribution is -0.404. The second kappa shape index (κ2) is 7.66. The van der Waals surface area contributed by atoms with Crippen molar-refractivity contribution in [2.75, 3.05) is 26.5 Å². The molecule has 0 radical (unpaired) electrons. The van der Waals surface area contributed by atoms with E-state index in [4.69, 9.17) is 9.47 Å². The lowest BCUT2D eigenvalue weighted by Gasteiger charge is -2.36. The lowest BCUT2D eigenvalue weighted by atomic mass is 9.86. The molecule has 1 aromatic heterocycles. The maximum Gasteiger partial charge on any atom is 0.256 e. The van der Waals surface area contributed by atoms with Gasteiger partial charge in [-0.3, -0.25) is 9.53 Å². The molecule has 2 aliphatic rings. The molecule has 0 saturated carbocycles. The van der Waals surface area contributed by atoms with Gasteiger partial charge in [-0.05, 0) is 44.5 Å². The number of H-pyrrole nitrogens is 1. The molecule has 2 unspecified atom stereocenters. The van der Waals surface area contributed by atoms with Gasteiger partial charge < -0.3 is 14.4 Å². The number of aliphatic hydroxyl groups is 2. The molecule has 1 amide bonds. The van der Waals surface area contributed by atoms with E-state index in [0.717, 1.165) is 11.3 Å². The zero-order valence-corrected chi connectivity index (χ0v) is 17.7. The van der Waals surface area contributed by atoms with Gasteiger partial charge in [0.1, 0.15) is 18.0 Å². The molecule has 0 aliphatic carbocycles. The van der Waals surface area contributed by atoms with Crippen LogP contribution in [0.15, 0.2) is 29.1 Å². The second-order valence-electron chi connectivity index (χ2n) is 8.28. The molecule has 2 N–H and O–H groups in total. The summed E-state index contributed by atoms with van der Waals surface area (Å²) in [6.45, 7) is 6.26. The summed E-state index contributed by atoms with van der Waals surface area (Å²) < 4.78 is 29.9. The quantitative estimate of drug-likeness (QED) is 0.696. The zero-order chi connectivity index (χ0) is 20.6. The minimum atomic E-state index is -1.41. The number of piperidine rings is 1. The SMILES string of the molecule is Cc1cc(C(=O)N2CCC3(c4csc[nH+]4)OC[OH+]C3C2)ccc1OCC(C)(C)F. The predicted octanol–water partition coefficient (Wildman–Crippen LogP) is 2.62. The topological polar surface area (TPSA) is 65.7 Å². The molecule has 8 heteroatoms. The average Bonchev–Trinajstić information content (AvgIpc) is 3.35. The molecule has 29 heavy (non-hydrogen) atoms. The molecule has 156 valence electrons. The van der Waals surface area contributed by atoms with E-state index in [1.807, 2.05) is 17.3 Å². The Morgan fingerprint density at radius 3 is 3.03 bits per heavy atom. The molecule has 3 heterocycles. The van der Waals surface area contributed by atoms with Gasteiger partial charge in [0.2, 0.25) is 22.9 Å². The van der Waals surface area contributed by atoms with Gasteiger partial charge >= 0.3 is 0 Å². The van der Waals surface area contributed by atoms with Crippen LogP contribution in [-0.2, 0) is 10.3 Å². The highest BCUT2D eigenvalue weighted by Crippen LogP contribution is 2.40. The zero-order valence-electron chi connectivity index (χ0n) is 16.9. The first kappa shape index (κ1) is 20.3. The van der Waals surface area contributed by atoms with E-state index in [1.165, 1.54) is 13.8 Å². The fraction of sp³-hybridized carbons (Fsp3) is 0.524. The first-order chi connectivity index (χ1) is 13.8. The molecule has 1 aromatic carbocycles. The van der Waals surface area contributed by atoms with Crippen molar-refractivity contribution in [2.45, 2.75) is 44.6 Å². The third-order valence-electron chi connectivity index (χ3n) is 5.51. The number of amides is 1. The summed E-state index contributed by atoms with van der Waals surface area (Å²) in [5, 5.41) is 2.06. The summed E-state index contributed by atoms with van der Waals surface area (Å²) in [7, 11) is 0. The number of benzene rings is 1. The van der Waals surface area contributed by atoms with Crippen molar-refractivity contribution in [1.82, 2.24) is 4.90 Å². The highest BCUT2D eigenvalue weighted by Gasteiger charge is 2.59. The highest BCUT2D eigenvalue weighted by atomic mass is 32.1. The molecule has 2 fully saturated rings. The molecule has 2 aliphatic heterocycles. The Kier molecular flexibility index (Phi) is 5.35. The summed E-state index contributed by atoms with van der Waals surface area (Å²) >= 11 is 1.60. The van der Waals surface area contributed by atoms with E-state index in [2.05, 4.69) is 15.1 Å². The number of hydrogen-bond donors (Lipinski definition) is 0. The van der Waals surface area contributed by atoms with Gasteiger partial charge in [0.25, 0.3) is 12.7 Å². The fourth-order valence-corrected chi connectivity index (χ4v) is 4.61. The minimum Gasteiger partial charge on any atom is -0.490 e. The smallest absolute Gasteiger partial charge is 0.256 e. The van der Waals surface area contributed by atoms with Crippen LogP contribution >= 0.6 is 11.3 Å². The number of aromatic amines is 1. The van der Waals surface area contributed by atoms with Crippen LogP contribution in [0.1, 0.15) is 41.9 Å². The Bertz CT molecular complexity index is 883. The number of thiazole rings is 1. The molecular weight excluding hydrogens is 395 g/mol. The van der Waals surface area contributed by atoms with Gasteiger partial charge in [-0.15, -0.1) is 0 Å². The Labute approximate surface area is 173 Å². The van der Waals surface area contributed by atoms with Crippen LogP contribution in [-0.4, -0.2) is 53.8 Å². The number of carbonyl (C=O) groups excluding carboxylic acids is 1. The van der Waals surface area contributed by atoms with E-state index in [-0.39, 0.29) is 18.6 Å². The van der Waals surface area contributed by atoms with Crippen molar-refractivity contribution in [2.24, 2.45) is 0 Å². The van der Waals surface area contributed by atoms with Crippen molar-refractivity contribution in [1.29, 1.82) is 0 Å². The first-order valence-corrected chi connectivity index (χ1v) is 10.7. The molecule has 2 aromatic rings. The number of hydrogen-bond acceptors (Lipinski definition) is 4. The summed E-state index contributed by atoms with van der Waals surface area (Å²) in [6, 6.07) is 5.29. The number of aryl methyl sites for hydroxylation is 1. The molecule has 2 atom stereocenters. The van der Waals surface area contributed by atoms with E-state index >= 15 is 0 Å². The van der Waals surface area contributed by atoms with Gasteiger partial charge in [-0.1, -0.05) is 11.3 Å². The molecule has 4 rings (SSSR count). The maximum atomic E-state index is 13.7. The monoisotopic (exact) mass is 422 g/mol.